The van der Waals surface area contributed by atoms with Gasteiger partial charge < -0.3 is 10.2 Å². The van der Waals surface area contributed by atoms with Gasteiger partial charge in [0, 0.05) is 12.3 Å². The number of hydrogen-bond donors (Lipinski definition) is 1. The maximum Gasteiger partial charge on any atom is 0.255 e. The summed E-state index contributed by atoms with van der Waals surface area (Å²) in [5.41, 5.74) is 6.84. The number of nitrogens with zero attached hydrogens (tertiary/aromatic N) is 1. The molecule has 2 aromatic rings. The van der Waals surface area contributed by atoms with Crippen molar-refractivity contribution in [3.05, 3.63) is 47.6 Å². The zero-order chi connectivity index (χ0) is 11.4. The Labute approximate surface area is 96.9 Å². The zero-order valence-electron chi connectivity index (χ0n) is 8.52. The van der Waals surface area contributed by atoms with Gasteiger partial charge in [-0.15, -0.1) is 0 Å². The predicted octanol–water partition coefficient (Wildman–Crippen LogP) is 2.56. The number of benzene rings is 1. The quantitative estimate of drug-likeness (QED) is 0.832. The first-order chi connectivity index (χ1) is 7.79. The summed E-state index contributed by atoms with van der Waals surface area (Å²) in [4.78, 5) is 3.95. The highest BCUT2D eigenvalue weighted by molar-refractivity contribution is 7.98. The summed E-state index contributed by atoms with van der Waals surface area (Å²) in [5.74, 6) is 0.263. The van der Waals surface area contributed by atoms with E-state index in [-0.39, 0.29) is 5.82 Å². The van der Waals surface area contributed by atoms with Gasteiger partial charge in [0.05, 0.1) is 6.20 Å². The Hall–Kier alpha value is -1.33. The molecule has 0 bridgehead atoms. The van der Waals surface area contributed by atoms with Crippen LogP contribution in [0.3, 0.4) is 0 Å². The van der Waals surface area contributed by atoms with E-state index in [0.29, 0.717) is 23.1 Å². The Morgan fingerprint density at radius 3 is 2.94 bits per heavy atom. The second-order valence-electron chi connectivity index (χ2n) is 3.22. The number of thioether (sulfide) groups is 1. The van der Waals surface area contributed by atoms with Crippen LogP contribution in [-0.2, 0) is 12.3 Å². The zero-order valence-corrected chi connectivity index (χ0v) is 9.34. The van der Waals surface area contributed by atoms with Gasteiger partial charge >= 0.3 is 0 Å². The van der Waals surface area contributed by atoms with E-state index < -0.39 is 0 Å². The van der Waals surface area contributed by atoms with Gasteiger partial charge in [-0.25, -0.2) is 9.37 Å². The number of aromatic nitrogens is 1. The molecule has 84 valence electrons. The molecule has 0 saturated heterocycles. The van der Waals surface area contributed by atoms with E-state index >= 15 is 0 Å². The molecule has 1 aromatic carbocycles. The highest BCUT2D eigenvalue weighted by atomic mass is 32.2. The highest BCUT2D eigenvalue weighted by Crippen LogP contribution is 2.22. The van der Waals surface area contributed by atoms with Crippen LogP contribution in [0.5, 0.6) is 0 Å². The third-order valence-electron chi connectivity index (χ3n) is 2.11. The lowest BCUT2D eigenvalue weighted by Gasteiger charge is -2.03. The standard InChI is InChI=1S/C11H11FN2OS/c12-10-5-8(6-13)1-2-9(10)7-16-11-14-3-4-15-11/h1-5H,6-7,13H2. The average Bonchev–Trinajstić information content (AvgIpc) is 2.80. The molecule has 2 rings (SSSR count). The van der Waals surface area contributed by atoms with Crippen LogP contribution in [0, 0.1) is 5.82 Å². The molecular weight excluding hydrogens is 227 g/mol. The minimum Gasteiger partial charge on any atom is -0.440 e. The lowest BCUT2D eigenvalue weighted by atomic mass is 10.1. The van der Waals surface area contributed by atoms with Gasteiger partial charge in [0.1, 0.15) is 12.1 Å². The Kier molecular flexibility index (Phi) is 3.58. The molecule has 0 spiro atoms. The maximum atomic E-state index is 13.5. The average molecular weight is 238 g/mol. The number of halogens is 1. The molecule has 0 atom stereocenters. The molecule has 0 aliphatic carbocycles. The fourth-order valence-electron chi connectivity index (χ4n) is 1.26. The summed E-state index contributed by atoms with van der Waals surface area (Å²) >= 11 is 1.36. The van der Waals surface area contributed by atoms with E-state index in [4.69, 9.17) is 10.2 Å². The number of oxazole rings is 1. The smallest absolute Gasteiger partial charge is 0.255 e. The maximum absolute atomic E-state index is 13.5. The fraction of sp³-hybridized carbons (Fsp3) is 0.182. The molecular formula is C11H11FN2OS. The molecule has 0 saturated carbocycles. The second kappa shape index (κ2) is 5.14. The predicted molar refractivity (Wildman–Crippen MR) is 60.4 cm³/mol. The molecule has 0 radical (unpaired) electrons. The minimum absolute atomic E-state index is 0.234. The number of nitrogens with two attached hydrogens (primary N) is 1. The van der Waals surface area contributed by atoms with Crippen LogP contribution in [0.4, 0.5) is 4.39 Å². The largest absolute Gasteiger partial charge is 0.440 e. The first-order valence-electron chi connectivity index (χ1n) is 4.79. The van der Waals surface area contributed by atoms with Crippen molar-refractivity contribution in [2.24, 2.45) is 5.73 Å². The van der Waals surface area contributed by atoms with Gasteiger partial charge in [0.25, 0.3) is 5.22 Å². The number of rotatable bonds is 4. The Bertz CT molecular complexity index is 459. The Morgan fingerprint density at radius 1 is 1.44 bits per heavy atom. The van der Waals surface area contributed by atoms with Gasteiger partial charge in [-0.2, -0.15) is 0 Å². The van der Waals surface area contributed by atoms with Gasteiger partial charge in [-0.05, 0) is 17.2 Å². The highest BCUT2D eigenvalue weighted by Gasteiger charge is 2.05. The Morgan fingerprint density at radius 2 is 2.31 bits per heavy atom. The number of hydrogen-bond acceptors (Lipinski definition) is 4. The molecule has 0 amide bonds. The van der Waals surface area contributed by atoms with Crippen LogP contribution in [-0.4, -0.2) is 4.98 Å². The van der Waals surface area contributed by atoms with E-state index in [0.717, 1.165) is 5.56 Å². The first kappa shape index (κ1) is 11.2. The van der Waals surface area contributed by atoms with Gasteiger partial charge in [0.2, 0.25) is 0 Å². The SMILES string of the molecule is NCc1ccc(CSc2ncco2)c(F)c1. The van der Waals surface area contributed by atoms with Crippen molar-refractivity contribution < 1.29 is 8.81 Å². The summed E-state index contributed by atoms with van der Waals surface area (Å²) in [6.45, 7) is 0.351. The van der Waals surface area contributed by atoms with Gasteiger partial charge in [0.15, 0.2) is 0 Å². The summed E-state index contributed by atoms with van der Waals surface area (Å²) < 4.78 is 18.6. The van der Waals surface area contributed by atoms with Crippen molar-refractivity contribution in [3.63, 3.8) is 0 Å². The van der Waals surface area contributed by atoms with Crippen LogP contribution < -0.4 is 5.73 Å². The summed E-state index contributed by atoms with van der Waals surface area (Å²) in [6.07, 6.45) is 3.06. The van der Waals surface area contributed by atoms with Crippen LogP contribution in [0.25, 0.3) is 0 Å². The van der Waals surface area contributed by atoms with Crippen molar-refractivity contribution in [1.82, 2.24) is 4.98 Å². The third-order valence-corrected chi connectivity index (χ3v) is 3.02. The topological polar surface area (TPSA) is 52.0 Å². The van der Waals surface area contributed by atoms with Crippen molar-refractivity contribution in [2.45, 2.75) is 17.5 Å². The molecule has 0 fully saturated rings. The molecule has 3 nitrogen and oxygen atoms in total. The normalized spacial score (nSPS) is 10.6. The summed E-state index contributed by atoms with van der Waals surface area (Å²) in [6, 6.07) is 5.04. The van der Waals surface area contributed by atoms with Crippen molar-refractivity contribution in [1.29, 1.82) is 0 Å². The van der Waals surface area contributed by atoms with Gasteiger partial charge in [-0.3, -0.25) is 0 Å². The van der Waals surface area contributed by atoms with E-state index in [1.165, 1.54) is 24.1 Å². The molecule has 16 heavy (non-hydrogen) atoms. The lowest BCUT2D eigenvalue weighted by molar-refractivity contribution is 0.454. The van der Waals surface area contributed by atoms with Crippen LogP contribution in [0.2, 0.25) is 0 Å². The van der Waals surface area contributed by atoms with Crippen molar-refractivity contribution in [2.75, 3.05) is 0 Å². The molecule has 1 heterocycles. The van der Waals surface area contributed by atoms with E-state index in [2.05, 4.69) is 4.98 Å². The molecule has 2 N–H and O–H groups in total. The monoisotopic (exact) mass is 238 g/mol. The molecule has 0 aliphatic heterocycles. The third kappa shape index (κ3) is 2.62. The van der Waals surface area contributed by atoms with Crippen LogP contribution >= 0.6 is 11.8 Å². The minimum atomic E-state index is -0.234. The molecule has 0 aliphatic rings. The van der Waals surface area contributed by atoms with Crippen molar-refractivity contribution >= 4 is 11.8 Å². The molecule has 1 aromatic heterocycles. The Balaban J connectivity index is 2.04. The fourth-order valence-corrected chi connectivity index (χ4v) is 2.03. The first-order valence-corrected chi connectivity index (χ1v) is 5.78. The van der Waals surface area contributed by atoms with Gasteiger partial charge in [-0.1, -0.05) is 23.9 Å². The lowest BCUT2D eigenvalue weighted by Crippen LogP contribution is -1.98. The summed E-state index contributed by atoms with van der Waals surface area (Å²) in [7, 11) is 0. The van der Waals surface area contributed by atoms with E-state index in [9.17, 15) is 4.39 Å². The summed E-state index contributed by atoms with van der Waals surface area (Å²) in [5, 5.41) is 0.544. The molecule has 5 heteroatoms. The molecule has 0 unspecified atom stereocenters. The second-order valence-corrected chi connectivity index (χ2v) is 4.14. The van der Waals surface area contributed by atoms with E-state index in [1.54, 1.807) is 12.3 Å². The van der Waals surface area contributed by atoms with Crippen molar-refractivity contribution in [3.8, 4) is 0 Å². The van der Waals surface area contributed by atoms with Crippen LogP contribution in [0.1, 0.15) is 11.1 Å². The van der Waals surface area contributed by atoms with Crippen LogP contribution in [0.15, 0.2) is 40.3 Å². The van der Waals surface area contributed by atoms with E-state index in [1.807, 2.05) is 6.07 Å².